The summed E-state index contributed by atoms with van der Waals surface area (Å²) in [5.74, 6) is 0. The molecule has 1 atom stereocenters. The molecule has 0 spiro atoms. The van der Waals surface area contributed by atoms with Crippen molar-refractivity contribution in [2.75, 3.05) is 6.61 Å². The van der Waals surface area contributed by atoms with Gasteiger partial charge in [-0.2, -0.15) is 0 Å². The van der Waals surface area contributed by atoms with Crippen LogP contribution in [-0.4, -0.2) is 27.6 Å². The predicted molar refractivity (Wildman–Crippen MR) is 82.2 cm³/mol. The minimum absolute atomic E-state index is 0.0346. The molecule has 1 saturated carbocycles. The first kappa shape index (κ1) is 14.0. The topological polar surface area (TPSA) is 52.5 Å². The fourth-order valence-electron chi connectivity index (χ4n) is 3.35. The van der Waals surface area contributed by atoms with E-state index in [2.05, 4.69) is 27.9 Å². The zero-order valence-electron chi connectivity index (χ0n) is 12.0. The number of fused-ring (bicyclic) bond motifs is 1. The largest absolute Gasteiger partial charge is 0.374 e. The second kappa shape index (κ2) is 5.84. The molecule has 4 nitrogen and oxygen atoms in total. The molecule has 2 heterocycles. The van der Waals surface area contributed by atoms with Gasteiger partial charge in [0.05, 0.1) is 11.3 Å². The predicted octanol–water partition coefficient (Wildman–Crippen LogP) is 3.01. The molecule has 2 aromatic heterocycles. The maximum absolute atomic E-state index is 6.52. The fraction of sp³-hybridized carbons (Fsp3) is 0.667. The Labute approximate surface area is 124 Å². The molecule has 5 heteroatoms. The third-order valence-corrected chi connectivity index (χ3v) is 5.15. The molecule has 1 fully saturated rings. The molecule has 2 aromatic rings. The fourth-order valence-corrected chi connectivity index (χ4v) is 4.06. The van der Waals surface area contributed by atoms with Crippen molar-refractivity contribution >= 4 is 16.3 Å². The summed E-state index contributed by atoms with van der Waals surface area (Å²) < 4.78 is 8.17. The number of nitrogens with two attached hydrogens (primary N) is 1. The molecule has 3 rings (SSSR count). The van der Waals surface area contributed by atoms with Gasteiger partial charge in [0.25, 0.3) is 0 Å². The van der Waals surface area contributed by atoms with E-state index in [0.29, 0.717) is 0 Å². The highest BCUT2D eigenvalue weighted by molar-refractivity contribution is 7.15. The van der Waals surface area contributed by atoms with Gasteiger partial charge in [-0.15, -0.1) is 11.3 Å². The van der Waals surface area contributed by atoms with Gasteiger partial charge in [-0.3, -0.25) is 4.40 Å². The smallest absolute Gasteiger partial charge is 0.193 e. The van der Waals surface area contributed by atoms with E-state index in [0.717, 1.165) is 36.5 Å². The molecule has 0 radical (unpaired) electrons. The zero-order chi connectivity index (χ0) is 14.0. The van der Waals surface area contributed by atoms with Crippen molar-refractivity contribution in [1.82, 2.24) is 9.38 Å². The Morgan fingerprint density at radius 3 is 2.95 bits per heavy atom. The van der Waals surface area contributed by atoms with Crippen LogP contribution in [0.3, 0.4) is 0 Å². The average molecular weight is 293 g/mol. The maximum Gasteiger partial charge on any atom is 0.193 e. The summed E-state index contributed by atoms with van der Waals surface area (Å²) in [5, 5.41) is 2.05. The van der Waals surface area contributed by atoms with Crippen LogP contribution in [0.5, 0.6) is 0 Å². The Hall–Kier alpha value is -0.910. The van der Waals surface area contributed by atoms with Crippen molar-refractivity contribution < 1.29 is 4.74 Å². The summed E-state index contributed by atoms with van der Waals surface area (Å²) in [6.45, 7) is 2.81. The molecule has 2 N–H and O–H groups in total. The SMILES string of the molecule is CCOC1(C(N)Cc2cn3ccsc3n2)CCCCC1. The van der Waals surface area contributed by atoms with Crippen LogP contribution < -0.4 is 5.73 Å². The second-order valence-electron chi connectivity index (χ2n) is 5.69. The van der Waals surface area contributed by atoms with E-state index in [1.165, 1.54) is 19.3 Å². The van der Waals surface area contributed by atoms with Crippen LogP contribution in [0.4, 0.5) is 0 Å². The van der Waals surface area contributed by atoms with E-state index in [4.69, 9.17) is 10.5 Å². The highest BCUT2D eigenvalue weighted by Gasteiger charge is 2.38. The van der Waals surface area contributed by atoms with Crippen molar-refractivity contribution in [3.05, 3.63) is 23.5 Å². The summed E-state index contributed by atoms with van der Waals surface area (Å²) in [6.07, 6.45) is 10.9. The Bertz CT molecular complexity index is 522. The molecule has 1 aliphatic rings. The van der Waals surface area contributed by atoms with Crippen molar-refractivity contribution in [1.29, 1.82) is 0 Å². The van der Waals surface area contributed by atoms with Gasteiger partial charge >= 0.3 is 0 Å². The van der Waals surface area contributed by atoms with Gasteiger partial charge in [0, 0.05) is 36.8 Å². The van der Waals surface area contributed by atoms with E-state index in [1.807, 2.05) is 6.20 Å². The quantitative estimate of drug-likeness (QED) is 0.922. The third kappa shape index (κ3) is 2.62. The van der Waals surface area contributed by atoms with Gasteiger partial charge in [0.2, 0.25) is 0 Å². The first-order valence-electron chi connectivity index (χ1n) is 7.54. The number of imidazole rings is 1. The van der Waals surface area contributed by atoms with Gasteiger partial charge in [-0.1, -0.05) is 19.3 Å². The van der Waals surface area contributed by atoms with Crippen molar-refractivity contribution in [3.63, 3.8) is 0 Å². The van der Waals surface area contributed by atoms with Crippen LogP contribution in [0.2, 0.25) is 0 Å². The summed E-state index contributed by atoms with van der Waals surface area (Å²) >= 11 is 1.66. The molecule has 20 heavy (non-hydrogen) atoms. The minimum atomic E-state index is -0.135. The van der Waals surface area contributed by atoms with Gasteiger partial charge in [0.1, 0.15) is 0 Å². The highest BCUT2D eigenvalue weighted by atomic mass is 32.1. The monoisotopic (exact) mass is 293 g/mol. The maximum atomic E-state index is 6.52. The molecule has 110 valence electrons. The Kier molecular flexibility index (Phi) is 4.10. The average Bonchev–Trinajstić information content (AvgIpc) is 3.01. The highest BCUT2D eigenvalue weighted by Crippen LogP contribution is 2.35. The van der Waals surface area contributed by atoms with Crippen LogP contribution in [0.25, 0.3) is 4.96 Å². The van der Waals surface area contributed by atoms with Crippen LogP contribution in [0.15, 0.2) is 17.8 Å². The molecule has 1 aliphatic carbocycles. The number of hydrogen-bond donors (Lipinski definition) is 1. The van der Waals surface area contributed by atoms with Gasteiger partial charge in [0.15, 0.2) is 4.96 Å². The Morgan fingerprint density at radius 1 is 1.45 bits per heavy atom. The van der Waals surface area contributed by atoms with Crippen LogP contribution in [0.1, 0.15) is 44.7 Å². The lowest BCUT2D eigenvalue weighted by atomic mass is 9.78. The van der Waals surface area contributed by atoms with E-state index in [1.54, 1.807) is 11.3 Å². The van der Waals surface area contributed by atoms with Gasteiger partial charge < -0.3 is 10.5 Å². The molecule has 1 unspecified atom stereocenters. The summed E-state index contributed by atoms with van der Waals surface area (Å²) in [5.41, 5.74) is 7.46. The second-order valence-corrected chi connectivity index (χ2v) is 6.57. The van der Waals surface area contributed by atoms with E-state index >= 15 is 0 Å². The van der Waals surface area contributed by atoms with Gasteiger partial charge in [-0.05, 0) is 19.8 Å². The first-order valence-corrected chi connectivity index (χ1v) is 8.42. The number of aromatic nitrogens is 2. The number of hydrogen-bond acceptors (Lipinski definition) is 4. The molecule has 0 aliphatic heterocycles. The van der Waals surface area contributed by atoms with E-state index in [-0.39, 0.29) is 11.6 Å². The van der Waals surface area contributed by atoms with Crippen molar-refractivity contribution in [2.45, 2.75) is 57.1 Å². The lowest BCUT2D eigenvalue weighted by Crippen LogP contribution is -2.52. The Balaban J connectivity index is 1.75. The molecule has 0 amide bonds. The third-order valence-electron chi connectivity index (χ3n) is 4.38. The number of ether oxygens (including phenoxy) is 1. The van der Waals surface area contributed by atoms with Crippen LogP contribution in [0, 0.1) is 0 Å². The summed E-state index contributed by atoms with van der Waals surface area (Å²) in [6, 6.07) is 0.0346. The molecule has 0 saturated heterocycles. The Morgan fingerprint density at radius 2 is 2.25 bits per heavy atom. The van der Waals surface area contributed by atoms with E-state index < -0.39 is 0 Å². The summed E-state index contributed by atoms with van der Waals surface area (Å²) in [7, 11) is 0. The molecule has 0 aromatic carbocycles. The first-order chi connectivity index (χ1) is 9.73. The van der Waals surface area contributed by atoms with E-state index in [9.17, 15) is 0 Å². The number of rotatable bonds is 5. The number of thiazole rings is 1. The van der Waals surface area contributed by atoms with Crippen LogP contribution >= 0.6 is 11.3 Å². The van der Waals surface area contributed by atoms with Crippen LogP contribution in [-0.2, 0) is 11.2 Å². The number of nitrogens with zero attached hydrogens (tertiary/aromatic N) is 2. The van der Waals surface area contributed by atoms with Crippen molar-refractivity contribution in [3.8, 4) is 0 Å². The van der Waals surface area contributed by atoms with Crippen molar-refractivity contribution in [2.24, 2.45) is 5.73 Å². The molecule has 0 bridgehead atoms. The lowest BCUT2D eigenvalue weighted by Gasteiger charge is -2.41. The standard InChI is InChI=1S/C15H23N3OS/c1-2-19-15(6-4-3-5-7-15)13(16)10-12-11-18-8-9-20-14(18)17-12/h8-9,11,13H,2-7,10,16H2,1H3. The normalized spacial score (nSPS) is 20.3. The molecular weight excluding hydrogens is 270 g/mol. The lowest BCUT2D eigenvalue weighted by molar-refractivity contribution is -0.0819. The van der Waals surface area contributed by atoms with Gasteiger partial charge in [-0.25, -0.2) is 4.98 Å². The summed E-state index contributed by atoms with van der Waals surface area (Å²) in [4.78, 5) is 5.69. The zero-order valence-corrected chi connectivity index (χ0v) is 12.9. The minimum Gasteiger partial charge on any atom is -0.374 e. The molecular formula is C15H23N3OS.